The highest BCUT2D eigenvalue weighted by Crippen LogP contribution is 2.32. The first-order chi connectivity index (χ1) is 8.91. The molecule has 2 rings (SSSR count). The molecule has 0 heterocycles. The minimum absolute atomic E-state index is 0.0151. The number of rotatable bonds is 4. The first-order valence-electron chi connectivity index (χ1n) is 6.21. The molecule has 0 spiro atoms. The number of nitro benzene ring substituents is 1. The van der Waals surface area contributed by atoms with Crippen molar-refractivity contribution in [1.82, 2.24) is 0 Å². The zero-order chi connectivity index (χ0) is 14.0. The van der Waals surface area contributed by atoms with Crippen molar-refractivity contribution in [3.8, 4) is 5.75 Å². The SMILES string of the molecule is Cc1cc(OCC2(O)CCCC2)c(F)cc1[N+](=O)[O-]. The Morgan fingerprint density at radius 2 is 2.11 bits per heavy atom. The number of aryl methyl sites for hydroxylation is 1. The van der Waals surface area contributed by atoms with Gasteiger partial charge in [0.2, 0.25) is 0 Å². The lowest BCUT2D eigenvalue weighted by molar-refractivity contribution is -0.385. The average Bonchev–Trinajstić information content (AvgIpc) is 2.77. The number of ether oxygens (including phenoxy) is 1. The van der Waals surface area contributed by atoms with Crippen molar-refractivity contribution in [2.45, 2.75) is 38.2 Å². The third-order valence-corrected chi connectivity index (χ3v) is 3.48. The van der Waals surface area contributed by atoms with Crippen molar-refractivity contribution in [1.29, 1.82) is 0 Å². The quantitative estimate of drug-likeness (QED) is 0.673. The van der Waals surface area contributed by atoms with Gasteiger partial charge in [0, 0.05) is 5.56 Å². The van der Waals surface area contributed by atoms with E-state index >= 15 is 0 Å². The minimum atomic E-state index is -0.901. The highest BCUT2D eigenvalue weighted by atomic mass is 19.1. The number of benzene rings is 1. The molecule has 0 amide bonds. The molecular weight excluding hydrogens is 253 g/mol. The molecule has 1 fully saturated rings. The fourth-order valence-electron chi connectivity index (χ4n) is 2.34. The van der Waals surface area contributed by atoms with Gasteiger partial charge in [-0.1, -0.05) is 12.8 Å². The van der Waals surface area contributed by atoms with Gasteiger partial charge in [0.25, 0.3) is 5.69 Å². The van der Waals surface area contributed by atoms with Crippen molar-refractivity contribution >= 4 is 5.69 Å². The summed E-state index contributed by atoms with van der Waals surface area (Å²) in [7, 11) is 0. The smallest absolute Gasteiger partial charge is 0.275 e. The van der Waals surface area contributed by atoms with Gasteiger partial charge in [-0.15, -0.1) is 0 Å². The Hall–Kier alpha value is -1.69. The van der Waals surface area contributed by atoms with Crippen LogP contribution in [-0.4, -0.2) is 22.2 Å². The zero-order valence-electron chi connectivity index (χ0n) is 10.7. The molecule has 104 valence electrons. The van der Waals surface area contributed by atoms with Crippen LogP contribution in [0.15, 0.2) is 12.1 Å². The lowest BCUT2D eigenvalue weighted by atomic mass is 10.0. The van der Waals surface area contributed by atoms with Gasteiger partial charge in [0.1, 0.15) is 6.61 Å². The van der Waals surface area contributed by atoms with Crippen molar-refractivity contribution in [2.75, 3.05) is 6.61 Å². The molecule has 1 aromatic carbocycles. The van der Waals surface area contributed by atoms with Gasteiger partial charge < -0.3 is 9.84 Å². The van der Waals surface area contributed by atoms with E-state index in [9.17, 15) is 19.6 Å². The van der Waals surface area contributed by atoms with Gasteiger partial charge in [-0.05, 0) is 25.8 Å². The Morgan fingerprint density at radius 3 is 2.68 bits per heavy atom. The lowest BCUT2D eigenvalue weighted by Gasteiger charge is -2.22. The van der Waals surface area contributed by atoms with Gasteiger partial charge >= 0.3 is 0 Å². The normalized spacial score (nSPS) is 17.4. The summed E-state index contributed by atoms with van der Waals surface area (Å²) < 4.78 is 19.0. The Kier molecular flexibility index (Phi) is 3.71. The summed E-state index contributed by atoms with van der Waals surface area (Å²) in [6.45, 7) is 1.54. The fourth-order valence-corrected chi connectivity index (χ4v) is 2.34. The van der Waals surface area contributed by atoms with Crippen LogP contribution in [0.2, 0.25) is 0 Å². The van der Waals surface area contributed by atoms with Crippen LogP contribution in [-0.2, 0) is 0 Å². The molecular formula is C13H16FNO4. The van der Waals surface area contributed by atoms with Gasteiger partial charge in [-0.2, -0.15) is 0 Å². The van der Waals surface area contributed by atoms with E-state index in [0.717, 1.165) is 18.9 Å². The van der Waals surface area contributed by atoms with Crippen molar-refractivity contribution in [2.24, 2.45) is 0 Å². The molecule has 1 aliphatic carbocycles. The number of aliphatic hydroxyl groups is 1. The molecule has 0 saturated heterocycles. The second kappa shape index (κ2) is 5.13. The summed E-state index contributed by atoms with van der Waals surface area (Å²) in [5, 5.41) is 20.8. The second-order valence-electron chi connectivity index (χ2n) is 5.05. The summed E-state index contributed by atoms with van der Waals surface area (Å²) in [4.78, 5) is 10.0. The van der Waals surface area contributed by atoms with Crippen molar-refractivity contribution in [3.63, 3.8) is 0 Å². The molecule has 1 aliphatic rings. The highest BCUT2D eigenvalue weighted by Gasteiger charge is 2.32. The number of nitro groups is 1. The van der Waals surface area contributed by atoms with Crippen LogP contribution in [0.3, 0.4) is 0 Å². The van der Waals surface area contributed by atoms with Crippen LogP contribution < -0.4 is 4.74 Å². The molecule has 0 aromatic heterocycles. The van der Waals surface area contributed by atoms with E-state index in [0.29, 0.717) is 18.4 Å². The average molecular weight is 269 g/mol. The van der Waals surface area contributed by atoms with Gasteiger partial charge in [-0.3, -0.25) is 10.1 Å². The monoisotopic (exact) mass is 269 g/mol. The zero-order valence-corrected chi connectivity index (χ0v) is 10.7. The van der Waals surface area contributed by atoms with Crippen LogP contribution in [0.1, 0.15) is 31.2 Å². The standard InChI is InChI=1S/C13H16FNO4/c1-9-6-12(10(14)7-11(9)15(17)18)19-8-13(16)4-2-3-5-13/h6-7,16H,2-5,8H2,1H3. The van der Waals surface area contributed by atoms with Gasteiger partial charge in [0.15, 0.2) is 11.6 Å². The molecule has 0 bridgehead atoms. The summed E-state index contributed by atoms with van der Waals surface area (Å²) in [5.74, 6) is -0.831. The van der Waals surface area contributed by atoms with Gasteiger partial charge in [0.05, 0.1) is 16.6 Å². The van der Waals surface area contributed by atoms with E-state index in [4.69, 9.17) is 4.74 Å². The van der Waals surface area contributed by atoms with E-state index in [-0.39, 0.29) is 18.0 Å². The molecule has 5 nitrogen and oxygen atoms in total. The molecule has 0 aliphatic heterocycles. The van der Waals surface area contributed by atoms with Crippen LogP contribution in [0.5, 0.6) is 5.75 Å². The van der Waals surface area contributed by atoms with Crippen LogP contribution in [0, 0.1) is 22.9 Å². The first kappa shape index (κ1) is 13.7. The molecule has 0 unspecified atom stereocenters. The summed E-state index contributed by atoms with van der Waals surface area (Å²) in [5.41, 5.74) is -0.841. The number of halogens is 1. The number of hydrogen-bond donors (Lipinski definition) is 1. The van der Waals surface area contributed by atoms with Crippen molar-refractivity contribution in [3.05, 3.63) is 33.6 Å². The first-order valence-corrected chi connectivity index (χ1v) is 6.21. The number of hydrogen-bond acceptors (Lipinski definition) is 4. The Labute approximate surface area is 110 Å². The van der Waals surface area contributed by atoms with Crippen LogP contribution >= 0.6 is 0 Å². The molecule has 0 radical (unpaired) electrons. The minimum Gasteiger partial charge on any atom is -0.487 e. The van der Waals surface area contributed by atoms with Crippen LogP contribution in [0.25, 0.3) is 0 Å². The lowest BCUT2D eigenvalue weighted by Crippen LogP contribution is -2.32. The predicted molar refractivity (Wildman–Crippen MR) is 66.7 cm³/mol. The molecule has 0 atom stereocenters. The predicted octanol–water partition coefficient (Wildman–Crippen LogP) is 2.73. The second-order valence-corrected chi connectivity index (χ2v) is 5.05. The topological polar surface area (TPSA) is 72.6 Å². The fraction of sp³-hybridized carbons (Fsp3) is 0.538. The molecule has 1 N–H and O–H groups in total. The number of nitrogens with zero attached hydrogens (tertiary/aromatic N) is 1. The van der Waals surface area contributed by atoms with E-state index in [1.54, 1.807) is 0 Å². The maximum Gasteiger partial charge on any atom is 0.275 e. The summed E-state index contributed by atoms with van der Waals surface area (Å²) in [6.07, 6.45) is 3.14. The maximum absolute atomic E-state index is 13.7. The molecule has 6 heteroatoms. The Balaban J connectivity index is 2.13. The largest absolute Gasteiger partial charge is 0.487 e. The third-order valence-electron chi connectivity index (χ3n) is 3.48. The Bertz CT molecular complexity index is 498. The molecule has 1 aromatic rings. The van der Waals surface area contributed by atoms with Crippen LogP contribution in [0.4, 0.5) is 10.1 Å². The third kappa shape index (κ3) is 3.01. The Morgan fingerprint density at radius 1 is 1.47 bits per heavy atom. The summed E-state index contributed by atoms with van der Waals surface area (Å²) >= 11 is 0. The molecule has 1 saturated carbocycles. The van der Waals surface area contributed by atoms with Gasteiger partial charge in [-0.25, -0.2) is 4.39 Å². The maximum atomic E-state index is 13.7. The van der Waals surface area contributed by atoms with E-state index < -0.39 is 16.3 Å². The van der Waals surface area contributed by atoms with Crippen molar-refractivity contribution < 1.29 is 19.2 Å². The van der Waals surface area contributed by atoms with E-state index in [2.05, 4.69) is 0 Å². The molecule has 19 heavy (non-hydrogen) atoms. The van der Waals surface area contributed by atoms with E-state index in [1.807, 2.05) is 0 Å². The highest BCUT2D eigenvalue weighted by molar-refractivity contribution is 5.45. The van der Waals surface area contributed by atoms with E-state index in [1.165, 1.54) is 13.0 Å². The summed E-state index contributed by atoms with van der Waals surface area (Å²) in [6, 6.07) is 2.15.